The van der Waals surface area contributed by atoms with E-state index in [1.54, 1.807) is 19.2 Å². The van der Waals surface area contributed by atoms with E-state index in [0.717, 1.165) is 32.4 Å². The predicted molar refractivity (Wildman–Crippen MR) is 94.9 cm³/mol. The summed E-state index contributed by atoms with van der Waals surface area (Å²) < 4.78 is 1.51. The molecule has 1 fully saturated rings. The van der Waals surface area contributed by atoms with Gasteiger partial charge in [0.15, 0.2) is 0 Å². The molecule has 1 aliphatic heterocycles. The average molecular weight is 324 g/mol. The van der Waals surface area contributed by atoms with E-state index in [1.165, 1.54) is 10.1 Å². The van der Waals surface area contributed by atoms with Crippen molar-refractivity contribution in [1.29, 1.82) is 0 Å². The topological polar surface area (TPSA) is 42.3 Å². The summed E-state index contributed by atoms with van der Waals surface area (Å²) in [6, 6.07) is 14.1. The number of benzene rings is 1. The summed E-state index contributed by atoms with van der Waals surface area (Å²) in [5, 5.41) is 0. The Labute approximate surface area is 142 Å². The molecule has 0 radical (unpaired) electrons. The third-order valence-electron chi connectivity index (χ3n) is 4.85. The first-order valence-corrected chi connectivity index (χ1v) is 8.61. The Hall–Kier alpha value is -2.36. The van der Waals surface area contributed by atoms with Crippen molar-refractivity contribution in [2.45, 2.75) is 32.7 Å². The van der Waals surface area contributed by atoms with Crippen LogP contribution in [0.5, 0.6) is 0 Å². The zero-order chi connectivity index (χ0) is 16.9. The number of carbonyl (C=O) groups excluding carboxylic acids is 1. The molecule has 24 heavy (non-hydrogen) atoms. The Bertz CT molecular complexity index is 744. The first-order valence-electron chi connectivity index (χ1n) is 8.61. The van der Waals surface area contributed by atoms with Crippen LogP contribution in [-0.4, -0.2) is 28.5 Å². The van der Waals surface area contributed by atoms with Crippen LogP contribution in [0.4, 0.5) is 0 Å². The second kappa shape index (κ2) is 7.47. The molecule has 0 atom stereocenters. The molecule has 2 heterocycles. The van der Waals surface area contributed by atoms with Gasteiger partial charge in [0.1, 0.15) is 6.54 Å². The Morgan fingerprint density at radius 3 is 2.50 bits per heavy atom. The van der Waals surface area contributed by atoms with E-state index in [0.29, 0.717) is 11.5 Å². The number of amides is 1. The third-order valence-corrected chi connectivity index (χ3v) is 4.85. The second-order valence-corrected chi connectivity index (χ2v) is 6.64. The Morgan fingerprint density at radius 2 is 1.79 bits per heavy atom. The zero-order valence-corrected chi connectivity index (χ0v) is 14.1. The lowest BCUT2D eigenvalue weighted by Crippen LogP contribution is -2.42. The van der Waals surface area contributed by atoms with Gasteiger partial charge >= 0.3 is 0 Å². The van der Waals surface area contributed by atoms with Gasteiger partial charge in [-0.05, 0) is 43.7 Å². The van der Waals surface area contributed by atoms with Crippen molar-refractivity contribution in [2.75, 3.05) is 13.1 Å². The highest BCUT2D eigenvalue weighted by atomic mass is 16.2. The lowest BCUT2D eigenvalue weighted by atomic mass is 9.90. The van der Waals surface area contributed by atoms with Crippen LogP contribution in [0.1, 0.15) is 24.0 Å². The van der Waals surface area contributed by atoms with Gasteiger partial charge in [-0.25, -0.2) is 0 Å². The van der Waals surface area contributed by atoms with Crippen molar-refractivity contribution >= 4 is 5.91 Å². The third kappa shape index (κ3) is 3.94. The minimum absolute atomic E-state index is 0.0425. The first-order chi connectivity index (χ1) is 11.6. The molecule has 1 saturated heterocycles. The number of piperidine rings is 1. The summed E-state index contributed by atoms with van der Waals surface area (Å²) in [5.41, 5.74) is 1.96. The van der Waals surface area contributed by atoms with Crippen molar-refractivity contribution in [1.82, 2.24) is 9.47 Å². The summed E-state index contributed by atoms with van der Waals surface area (Å²) >= 11 is 0. The van der Waals surface area contributed by atoms with Gasteiger partial charge in [0.25, 0.3) is 5.56 Å². The fourth-order valence-corrected chi connectivity index (χ4v) is 3.36. The summed E-state index contributed by atoms with van der Waals surface area (Å²) in [5.74, 6) is 0.680. The van der Waals surface area contributed by atoms with Crippen molar-refractivity contribution in [3.8, 4) is 0 Å². The molecule has 1 aliphatic rings. The van der Waals surface area contributed by atoms with Crippen LogP contribution in [-0.2, 0) is 17.8 Å². The molecule has 3 rings (SSSR count). The number of pyridine rings is 1. The molecule has 0 N–H and O–H groups in total. The van der Waals surface area contributed by atoms with Gasteiger partial charge in [-0.15, -0.1) is 0 Å². The molecule has 1 amide bonds. The molecule has 0 bridgehead atoms. The summed E-state index contributed by atoms with van der Waals surface area (Å²) in [6.45, 7) is 3.50. The smallest absolute Gasteiger partial charge is 0.253 e. The van der Waals surface area contributed by atoms with Gasteiger partial charge < -0.3 is 9.47 Å². The van der Waals surface area contributed by atoms with Crippen LogP contribution in [0.3, 0.4) is 0 Å². The van der Waals surface area contributed by atoms with Crippen LogP contribution >= 0.6 is 0 Å². The quantitative estimate of drug-likeness (QED) is 0.868. The Kier molecular flexibility index (Phi) is 5.14. The molecular weight excluding hydrogens is 300 g/mol. The van der Waals surface area contributed by atoms with Crippen LogP contribution < -0.4 is 5.56 Å². The van der Waals surface area contributed by atoms with E-state index in [-0.39, 0.29) is 18.0 Å². The van der Waals surface area contributed by atoms with Gasteiger partial charge in [-0.1, -0.05) is 36.4 Å². The number of likely N-dealkylation sites (tertiary alicyclic amines) is 1. The van der Waals surface area contributed by atoms with E-state index < -0.39 is 0 Å². The molecule has 0 aliphatic carbocycles. The maximum absolute atomic E-state index is 12.5. The van der Waals surface area contributed by atoms with Gasteiger partial charge in [0.05, 0.1) is 0 Å². The highest BCUT2D eigenvalue weighted by molar-refractivity contribution is 5.76. The van der Waals surface area contributed by atoms with E-state index in [1.807, 2.05) is 17.0 Å². The molecule has 4 nitrogen and oxygen atoms in total. The number of aromatic nitrogens is 1. The second-order valence-electron chi connectivity index (χ2n) is 6.64. The molecule has 2 aromatic rings. The molecule has 0 spiro atoms. The van der Waals surface area contributed by atoms with E-state index in [9.17, 15) is 9.59 Å². The van der Waals surface area contributed by atoms with Crippen LogP contribution in [0.25, 0.3) is 0 Å². The average Bonchev–Trinajstić information content (AvgIpc) is 2.60. The predicted octanol–water partition coefficient (Wildman–Crippen LogP) is 2.64. The number of carbonyl (C=O) groups is 1. The first kappa shape index (κ1) is 16.5. The number of aryl methyl sites for hydroxylation is 1. The van der Waals surface area contributed by atoms with Gasteiger partial charge in [0.2, 0.25) is 5.91 Å². The number of nitrogens with zero attached hydrogens (tertiary/aromatic N) is 2. The van der Waals surface area contributed by atoms with Crippen LogP contribution in [0, 0.1) is 12.8 Å². The van der Waals surface area contributed by atoms with Gasteiger partial charge in [-0.2, -0.15) is 0 Å². The van der Waals surface area contributed by atoms with Crippen molar-refractivity contribution in [3.05, 3.63) is 70.1 Å². The lowest BCUT2D eigenvalue weighted by molar-refractivity contribution is -0.133. The Morgan fingerprint density at radius 1 is 1.08 bits per heavy atom. The zero-order valence-electron chi connectivity index (χ0n) is 14.1. The summed E-state index contributed by atoms with van der Waals surface area (Å²) in [4.78, 5) is 26.4. The molecule has 126 valence electrons. The molecule has 0 unspecified atom stereocenters. The van der Waals surface area contributed by atoms with Crippen molar-refractivity contribution < 1.29 is 4.79 Å². The number of hydrogen-bond acceptors (Lipinski definition) is 2. The molecule has 4 heteroatoms. The molecule has 1 aromatic heterocycles. The fourth-order valence-electron chi connectivity index (χ4n) is 3.36. The normalized spacial score (nSPS) is 15.5. The fraction of sp³-hybridized carbons (Fsp3) is 0.400. The largest absolute Gasteiger partial charge is 0.341 e. The molecule has 1 aromatic carbocycles. The lowest BCUT2D eigenvalue weighted by Gasteiger charge is -2.32. The van der Waals surface area contributed by atoms with Crippen LogP contribution in [0.15, 0.2) is 53.5 Å². The maximum atomic E-state index is 12.5. The minimum Gasteiger partial charge on any atom is -0.341 e. The van der Waals surface area contributed by atoms with E-state index in [2.05, 4.69) is 24.3 Å². The number of rotatable bonds is 4. The molecular formula is C20H24N2O2. The minimum atomic E-state index is -0.0789. The van der Waals surface area contributed by atoms with Crippen molar-refractivity contribution in [3.63, 3.8) is 0 Å². The van der Waals surface area contributed by atoms with Gasteiger partial charge in [-0.3, -0.25) is 9.59 Å². The monoisotopic (exact) mass is 324 g/mol. The highest BCUT2D eigenvalue weighted by Crippen LogP contribution is 2.21. The summed E-state index contributed by atoms with van der Waals surface area (Å²) in [7, 11) is 0. The standard InChI is InChI=1S/C20H24N2O2/c1-16-6-5-11-22(20(16)24)15-19(23)21-12-9-18(10-13-21)14-17-7-3-2-4-8-17/h2-8,11,18H,9-10,12-15H2,1H3. The molecule has 0 saturated carbocycles. The maximum Gasteiger partial charge on any atom is 0.253 e. The summed E-state index contributed by atoms with van der Waals surface area (Å²) in [6.07, 6.45) is 4.84. The van der Waals surface area contributed by atoms with E-state index in [4.69, 9.17) is 0 Å². The Balaban J connectivity index is 1.53. The number of hydrogen-bond donors (Lipinski definition) is 0. The van der Waals surface area contributed by atoms with Gasteiger partial charge in [0, 0.05) is 24.8 Å². The van der Waals surface area contributed by atoms with Crippen molar-refractivity contribution in [2.24, 2.45) is 5.92 Å². The van der Waals surface area contributed by atoms with Crippen LogP contribution in [0.2, 0.25) is 0 Å². The highest BCUT2D eigenvalue weighted by Gasteiger charge is 2.23. The SMILES string of the molecule is Cc1cccn(CC(=O)N2CCC(Cc3ccccc3)CC2)c1=O. The van der Waals surface area contributed by atoms with E-state index >= 15 is 0 Å².